The van der Waals surface area contributed by atoms with E-state index in [1.165, 1.54) is 31.2 Å². The molecular weight excluding hydrogens is 369 g/mol. The highest BCUT2D eigenvalue weighted by molar-refractivity contribution is 6.36. The Hall–Kier alpha value is -2.64. The first-order valence-electron chi connectivity index (χ1n) is 7.11. The van der Waals surface area contributed by atoms with Crippen molar-refractivity contribution < 1.29 is 14.5 Å². The molecule has 128 valence electrons. The molecule has 1 aliphatic rings. The average Bonchev–Trinajstić information content (AvgIpc) is 3.00. The quantitative estimate of drug-likeness (QED) is 0.592. The Balaban J connectivity index is 1.99. The van der Waals surface area contributed by atoms with Crippen molar-refractivity contribution in [3.8, 4) is 0 Å². The number of rotatable bonds is 3. The van der Waals surface area contributed by atoms with E-state index in [9.17, 15) is 14.9 Å². The molecule has 3 rings (SSSR count). The number of nitro groups is 1. The normalized spacial score (nSPS) is 16.4. The molecule has 2 aromatic carbocycles. The second-order valence-electron chi connectivity index (χ2n) is 5.22. The smallest absolute Gasteiger partial charge is 0.269 e. The number of nitro benzene ring substituents is 1. The van der Waals surface area contributed by atoms with Gasteiger partial charge in [0.15, 0.2) is 0 Å². The molecule has 0 saturated heterocycles. The molecule has 0 unspecified atom stereocenters. The van der Waals surface area contributed by atoms with E-state index in [0.717, 1.165) is 5.01 Å². The number of halogens is 2. The summed E-state index contributed by atoms with van der Waals surface area (Å²) in [5, 5.41) is 17.0. The number of carbonyl (C=O) groups excluding carboxylic acids is 1. The molecule has 1 atom stereocenters. The molecule has 0 radical (unpaired) electrons. The van der Waals surface area contributed by atoms with Crippen LogP contribution >= 0.6 is 23.2 Å². The monoisotopic (exact) mass is 379 g/mol. The summed E-state index contributed by atoms with van der Waals surface area (Å²) in [6, 6.07) is 10.6. The van der Waals surface area contributed by atoms with Crippen molar-refractivity contribution in [2.45, 2.75) is 13.2 Å². The average molecular weight is 380 g/mol. The van der Waals surface area contributed by atoms with E-state index in [2.05, 4.69) is 5.10 Å². The first-order valence-corrected chi connectivity index (χ1v) is 7.87. The standard InChI is InChI=1S/C16H11Cl2N3O4/c1-9(22)20-16(10-3-2-4-12(7-10)21(23)24)25-15(19-20)13-6-5-11(17)8-14(13)18/h2-8,16H,1H3/t16-/m1/s1. The molecule has 2 aromatic rings. The summed E-state index contributed by atoms with van der Waals surface area (Å²) >= 11 is 12.0. The fourth-order valence-electron chi connectivity index (χ4n) is 2.35. The second-order valence-corrected chi connectivity index (χ2v) is 6.06. The number of non-ortho nitro benzene ring substituents is 1. The summed E-state index contributed by atoms with van der Waals surface area (Å²) in [7, 11) is 0. The van der Waals surface area contributed by atoms with Gasteiger partial charge in [0.05, 0.1) is 15.5 Å². The van der Waals surface area contributed by atoms with Crippen LogP contribution in [0.5, 0.6) is 0 Å². The molecule has 0 bridgehead atoms. The van der Waals surface area contributed by atoms with Crippen LogP contribution in [0.25, 0.3) is 0 Å². The molecule has 0 aromatic heterocycles. The molecule has 25 heavy (non-hydrogen) atoms. The highest BCUT2D eigenvalue weighted by atomic mass is 35.5. The summed E-state index contributed by atoms with van der Waals surface area (Å²) < 4.78 is 5.77. The van der Waals surface area contributed by atoms with Gasteiger partial charge in [-0.25, -0.2) is 0 Å². The van der Waals surface area contributed by atoms with E-state index in [1.807, 2.05) is 0 Å². The molecule has 0 N–H and O–H groups in total. The molecule has 0 spiro atoms. The van der Waals surface area contributed by atoms with E-state index in [4.69, 9.17) is 27.9 Å². The van der Waals surface area contributed by atoms with Crippen LogP contribution in [-0.4, -0.2) is 21.7 Å². The summed E-state index contributed by atoms with van der Waals surface area (Å²) in [6.45, 7) is 1.32. The third kappa shape index (κ3) is 3.42. The number of hydrogen-bond donors (Lipinski definition) is 0. The Kier molecular flexibility index (Phi) is 4.61. The summed E-state index contributed by atoms with van der Waals surface area (Å²) in [4.78, 5) is 22.4. The van der Waals surface area contributed by atoms with E-state index < -0.39 is 11.2 Å². The Bertz CT molecular complexity index is 901. The summed E-state index contributed by atoms with van der Waals surface area (Å²) in [6.07, 6.45) is -0.917. The minimum atomic E-state index is -0.917. The van der Waals surface area contributed by atoms with E-state index in [0.29, 0.717) is 21.2 Å². The maximum Gasteiger partial charge on any atom is 0.269 e. The minimum absolute atomic E-state index is 0.109. The first kappa shape index (κ1) is 17.2. The predicted molar refractivity (Wildman–Crippen MR) is 92.4 cm³/mol. The fraction of sp³-hybridized carbons (Fsp3) is 0.125. The topological polar surface area (TPSA) is 85.0 Å². The Morgan fingerprint density at radius 3 is 2.68 bits per heavy atom. The number of nitrogens with zero attached hydrogens (tertiary/aromatic N) is 3. The lowest BCUT2D eigenvalue weighted by atomic mass is 10.1. The zero-order chi connectivity index (χ0) is 18.1. The van der Waals surface area contributed by atoms with Crippen molar-refractivity contribution in [2.24, 2.45) is 5.10 Å². The highest BCUT2D eigenvalue weighted by Crippen LogP contribution is 2.33. The number of hydrogen-bond acceptors (Lipinski definition) is 5. The van der Waals surface area contributed by atoms with Crippen molar-refractivity contribution in [1.29, 1.82) is 0 Å². The molecule has 7 nitrogen and oxygen atoms in total. The lowest BCUT2D eigenvalue weighted by Gasteiger charge is -2.19. The van der Waals surface area contributed by atoms with Crippen LogP contribution in [-0.2, 0) is 9.53 Å². The van der Waals surface area contributed by atoms with Crippen molar-refractivity contribution in [1.82, 2.24) is 5.01 Å². The fourth-order valence-corrected chi connectivity index (χ4v) is 2.84. The highest BCUT2D eigenvalue weighted by Gasteiger charge is 2.34. The van der Waals surface area contributed by atoms with Crippen LogP contribution in [0, 0.1) is 10.1 Å². The number of carbonyl (C=O) groups is 1. The van der Waals surface area contributed by atoms with E-state index in [1.54, 1.807) is 18.2 Å². The molecule has 1 aliphatic heterocycles. The molecular formula is C16H11Cl2N3O4. The van der Waals surface area contributed by atoms with Crippen LogP contribution in [0.15, 0.2) is 47.6 Å². The van der Waals surface area contributed by atoms with E-state index >= 15 is 0 Å². The Morgan fingerprint density at radius 2 is 2.04 bits per heavy atom. The zero-order valence-corrected chi connectivity index (χ0v) is 14.4. The van der Waals surface area contributed by atoms with Gasteiger partial charge in [-0.2, -0.15) is 5.01 Å². The maximum absolute atomic E-state index is 11.9. The van der Waals surface area contributed by atoms with Crippen LogP contribution in [0.4, 0.5) is 5.69 Å². The van der Waals surface area contributed by atoms with Crippen LogP contribution in [0.3, 0.4) is 0 Å². The van der Waals surface area contributed by atoms with Gasteiger partial charge in [0.2, 0.25) is 18.0 Å². The minimum Gasteiger partial charge on any atom is -0.446 e. The van der Waals surface area contributed by atoms with Gasteiger partial charge in [-0.05, 0) is 18.2 Å². The number of ether oxygens (including phenoxy) is 1. The van der Waals surface area contributed by atoms with Crippen LogP contribution < -0.4 is 0 Å². The largest absolute Gasteiger partial charge is 0.446 e. The van der Waals surface area contributed by atoms with Gasteiger partial charge >= 0.3 is 0 Å². The number of amides is 1. The van der Waals surface area contributed by atoms with Gasteiger partial charge < -0.3 is 4.74 Å². The van der Waals surface area contributed by atoms with Crippen molar-refractivity contribution >= 4 is 40.7 Å². The summed E-state index contributed by atoms with van der Waals surface area (Å²) in [5.41, 5.74) is 0.779. The lowest BCUT2D eigenvalue weighted by Crippen LogP contribution is -2.25. The van der Waals surface area contributed by atoms with Gasteiger partial charge in [0, 0.05) is 29.6 Å². The third-order valence-electron chi connectivity index (χ3n) is 3.49. The van der Waals surface area contributed by atoms with Gasteiger partial charge in [0.1, 0.15) is 0 Å². The van der Waals surface area contributed by atoms with Gasteiger partial charge in [-0.1, -0.05) is 35.3 Å². The molecule has 1 amide bonds. The zero-order valence-electron chi connectivity index (χ0n) is 12.8. The molecule has 0 aliphatic carbocycles. The van der Waals surface area contributed by atoms with Crippen LogP contribution in [0.2, 0.25) is 10.0 Å². The Labute approximate surface area is 152 Å². The second kappa shape index (κ2) is 6.70. The lowest BCUT2D eigenvalue weighted by molar-refractivity contribution is -0.385. The van der Waals surface area contributed by atoms with E-state index in [-0.39, 0.29) is 17.5 Å². The Morgan fingerprint density at radius 1 is 1.28 bits per heavy atom. The molecule has 1 heterocycles. The molecule has 0 fully saturated rings. The van der Waals surface area contributed by atoms with Crippen LogP contribution in [0.1, 0.15) is 24.3 Å². The van der Waals surface area contributed by atoms with Crippen molar-refractivity contribution in [3.63, 3.8) is 0 Å². The number of hydrazone groups is 1. The number of benzene rings is 2. The predicted octanol–water partition coefficient (Wildman–Crippen LogP) is 4.14. The van der Waals surface area contributed by atoms with Gasteiger partial charge in [0.25, 0.3) is 5.69 Å². The van der Waals surface area contributed by atoms with Crippen molar-refractivity contribution in [2.75, 3.05) is 0 Å². The summed E-state index contributed by atoms with van der Waals surface area (Å²) in [5.74, 6) is -0.245. The molecule has 9 heteroatoms. The molecule has 0 saturated carbocycles. The van der Waals surface area contributed by atoms with Crippen molar-refractivity contribution in [3.05, 3.63) is 73.8 Å². The van der Waals surface area contributed by atoms with Gasteiger partial charge in [-0.15, -0.1) is 5.10 Å². The maximum atomic E-state index is 11.9. The van der Waals surface area contributed by atoms with Gasteiger partial charge in [-0.3, -0.25) is 14.9 Å². The first-order chi connectivity index (χ1) is 11.9. The SMILES string of the molecule is CC(=O)N1N=C(c2ccc(Cl)cc2Cl)O[C@@H]1c1cccc([N+](=O)[O-])c1. The third-order valence-corrected chi connectivity index (χ3v) is 4.04.